The first kappa shape index (κ1) is 19.6. The van der Waals surface area contributed by atoms with Gasteiger partial charge in [-0.2, -0.15) is 0 Å². The molecule has 1 aromatic heterocycles. The van der Waals surface area contributed by atoms with Crippen molar-refractivity contribution in [2.75, 3.05) is 18.4 Å². The molecular weight excluding hydrogens is 378 g/mol. The highest BCUT2D eigenvalue weighted by Gasteiger charge is 2.16. The Kier molecular flexibility index (Phi) is 5.79. The van der Waals surface area contributed by atoms with Crippen LogP contribution in [0.4, 0.5) is 5.69 Å². The van der Waals surface area contributed by atoms with Gasteiger partial charge in [0.2, 0.25) is 5.88 Å². The molecule has 1 N–H and O–H groups in total. The molecule has 0 fully saturated rings. The molecule has 0 spiro atoms. The van der Waals surface area contributed by atoms with Crippen LogP contribution in [0.3, 0.4) is 0 Å². The summed E-state index contributed by atoms with van der Waals surface area (Å²) in [6.07, 6.45) is 0. The van der Waals surface area contributed by atoms with Crippen LogP contribution in [-0.2, 0) is 10.0 Å². The zero-order valence-corrected chi connectivity index (χ0v) is 16.7. The number of rotatable bonds is 7. The number of methoxy groups -OCH3 is 1. The minimum absolute atomic E-state index is 0.164. The summed E-state index contributed by atoms with van der Waals surface area (Å²) in [7, 11) is -2.19. The van der Waals surface area contributed by atoms with Crippen molar-refractivity contribution in [2.24, 2.45) is 0 Å². The zero-order valence-electron chi connectivity index (χ0n) is 15.8. The number of nitrogens with zero attached hydrogens (tertiary/aromatic N) is 2. The van der Waals surface area contributed by atoms with Gasteiger partial charge in [-0.15, -0.1) is 10.2 Å². The molecule has 0 saturated heterocycles. The number of ether oxygens (including phenoxy) is 2. The number of anilines is 1. The maximum atomic E-state index is 12.7. The summed E-state index contributed by atoms with van der Waals surface area (Å²) in [6, 6.07) is 15.2. The molecule has 3 aromatic rings. The molecule has 0 saturated carbocycles. The third kappa shape index (κ3) is 4.40. The maximum Gasteiger partial charge on any atom is 0.261 e. The molecule has 28 heavy (non-hydrogen) atoms. The minimum Gasteiger partial charge on any atom is -0.496 e. The third-order valence-corrected chi connectivity index (χ3v) is 5.40. The van der Waals surface area contributed by atoms with Crippen LogP contribution >= 0.6 is 0 Å². The van der Waals surface area contributed by atoms with E-state index in [0.29, 0.717) is 29.6 Å². The van der Waals surface area contributed by atoms with Crippen LogP contribution in [0.25, 0.3) is 11.3 Å². The number of aryl methyl sites for hydroxylation is 1. The van der Waals surface area contributed by atoms with Crippen molar-refractivity contribution < 1.29 is 17.9 Å². The highest BCUT2D eigenvalue weighted by atomic mass is 32.2. The minimum atomic E-state index is -3.74. The smallest absolute Gasteiger partial charge is 0.261 e. The van der Waals surface area contributed by atoms with Gasteiger partial charge in [-0.25, -0.2) is 8.42 Å². The van der Waals surface area contributed by atoms with E-state index in [1.165, 1.54) is 6.07 Å². The van der Waals surface area contributed by atoms with Crippen LogP contribution in [0.15, 0.2) is 59.5 Å². The number of hydrogen-bond donors (Lipinski definition) is 1. The molecule has 0 aliphatic carbocycles. The van der Waals surface area contributed by atoms with Crippen molar-refractivity contribution in [3.05, 3.63) is 60.2 Å². The van der Waals surface area contributed by atoms with E-state index in [2.05, 4.69) is 14.9 Å². The highest BCUT2D eigenvalue weighted by Crippen LogP contribution is 2.25. The maximum absolute atomic E-state index is 12.7. The van der Waals surface area contributed by atoms with Gasteiger partial charge in [0.1, 0.15) is 5.75 Å². The predicted molar refractivity (Wildman–Crippen MR) is 107 cm³/mol. The molecule has 0 atom stereocenters. The van der Waals surface area contributed by atoms with Crippen LogP contribution in [0.5, 0.6) is 11.6 Å². The van der Waals surface area contributed by atoms with E-state index in [1.807, 2.05) is 13.0 Å². The van der Waals surface area contributed by atoms with Crippen molar-refractivity contribution in [3.63, 3.8) is 0 Å². The summed E-state index contributed by atoms with van der Waals surface area (Å²) >= 11 is 0. The molecule has 3 rings (SSSR count). The lowest BCUT2D eigenvalue weighted by Crippen LogP contribution is -2.13. The Morgan fingerprint density at radius 2 is 1.86 bits per heavy atom. The lowest BCUT2D eigenvalue weighted by Gasteiger charge is -2.11. The van der Waals surface area contributed by atoms with Crippen molar-refractivity contribution >= 4 is 15.7 Å². The molecule has 1 heterocycles. The molecule has 0 amide bonds. The summed E-state index contributed by atoms with van der Waals surface area (Å²) in [5, 5.41) is 8.13. The van der Waals surface area contributed by atoms with Gasteiger partial charge in [0.25, 0.3) is 10.0 Å². The van der Waals surface area contributed by atoms with E-state index >= 15 is 0 Å². The SMILES string of the molecule is CCOc1ccc(-c2cccc(NS(=O)(=O)c3ccc(OC)c(C)c3)c2)nn1. The van der Waals surface area contributed by atoms with Gasteiger partial charge in [0.05, 0.1) is 24.3 Å². The van der Waals surface area contributed by atoms with E-state index in [4.69, 9.17) is 9.47 Å². The Morgan fingerprint density at radius 1 is 1.04 bits per heavy atom. The molecular formula is C20H21N3O4S. The van der Waals surface area contributed by atoms with E-state index in [9.17, 15) is 8.42 Å². The standard InChI is InChI=1S/C20H21N3O4S/c1-4-27-20-11-9-18(21-22-20)15-6-5-7-16(13-15)23-28(24,25)17-8-10-19(26-3)14(2)12-17/h5-13,23H,4H2,1-3H3. The second kappa shape index (κ2) is 8.26. The van der Waals surface area contributed by atoms with Gasteiger partial charge in [0, 0.05) is 17.3 Å². The predicted octanol–water partition coefficient (Wildman–Crippen LogP) is 3.66. The Labute approximate surface area is 164 Å². The fourth-order valence-electron chi connectivity index (χ4n) is 2.67. The van der Waals surface area contributed by atoms with Crippen molar-refractivity contribution in [1.82, 2.24) is 10.2 Å². The fraction of sp³-hybridized carbons (Fsp3) is 0.200. The number of hydrogen-bond acceptors (Lipinski definition) is 6. The molecule has 0 bridgehead atoms. The summed E-state index contributed by atoms with van der Waals surface area (Å²) in [5.41, 5.74) is 2.52. The normalized spacial score (nSPS) is 11.1. The molecule has 0 aliphatic rings. The van der Waals surface area contributed by atoms with Gasteiger partial charge in [-0.1, -0.05) is 12.1 Å². The average Bonchev–Trinajstić information content (AvgIpc) is 2.68. The van der Waals surface area contributed by atoms with Gasteiger partial charge in [-0.3, -0.25) is 4.72 Å². The van der Waals surface area contributed by atoms with Crippen LogP contribution in [0.1, 0.15) is 12.5 Å². The molecule has 7 nitrogen and oxygen atoms in total. The van der Waals surface area contributed by atoms with E-state index < -0.39 is 10.0 Å². The summed E-state index contributed by atoms with van der Waals surface area (Å²) in [5.74, 6) is 1.08. The molecule has 0 aliphatic heterocycles. The van der Waals surface area contributed by atoms with Gasteiger partial charge in [-0.05, 0) is 55.8 Å². The second-order valence-electron chi connectivity index (χ2n) is 6.01. The third-order valence-electron chi connectivity index (χ3n) is 4.02. The first-order chi connectivity index (χ1) is 13.4. The fourth-order valence-corrected chi connectivity index (χ4v) is 3.81. The van der Waals surface area contributed by atoms with Crippen molar-refractivity contribution in [2.45, 2.75) is 18.7 Å². The van der Waals surface area contributed by atoms with Crippen LogP contribution in [0, 0.1) is 6.92 Å². The first-order valence-electron chi connectivity index (χ1n) is 8.67. The average molecular weight is 399 g/mol. The molecule has 0 radical (unpaired) electrons. The molecule has 8 heteroatoms. The summed E-state index contributed by atoms with van der Waals surface area (Å²) in [6.45, 7) is 4.18. The quantitative estimate of drug-likeness (QED) is 0.652. The van der Waals surface area contributed by atoms with E-state index in [0.717, 1.165) is 11.1 Å². The lowest BCUT2D eigenvalue weighted by molar-refractivity contribution is 0.323. The first-order valence-corrected chi connectivity index (χ1v) is 10.2. The van der Waals surface area contributed by atoms with E-state index in [-0.39, 0.29) is 4.90 Å². The number of nitrogens with one attached hydrogen (secondary N) is 1. The Balaban J connectivity index is 1.84. The Morgan fingerprint density at radius 3 is 2.50 bits per heavy atom. The zero-order chi connectivity index (χ0) is 20.1. The van der Waals surface area contributed by atoms with Crippen molar-refractivity contribution in [1.29, 1.82) is 0 Å². The van der Waals surface area contributed by atoms with Crippen LogP contribution in [-0.4, -0.2) is 32.3 Å². The largest absolute Gasteiger partial charge is 0.496 e. The molecule has 146 valence electrons. The van der Waals surface area contributed by atoms with Gasteiger partial charge in [0.15, 0.2) is 0 Å². The van der Waals surface area contributed by atoms with Crippen LogP contribution in [0.2, 0.25) is 0 Å². The monoisotopic (exact) mass is 399 g/mol. The lowest BCUT2D eigenvalue weighted by atomic mass is 10.1. The summed E-state index contributed by atoms with van der Waals surface area (Å²) in [4.78, 5) is 0.164. The Bertz CT molecular complexity index is 1070. The van der Waals surface area contributed by atoms with Crippen LogP contribution < -0.4 is 14.2 Å². The van der Waals surface area contributed by atoms with E-state index in [1.54, 1.807) is 56.5 Å². The molecule has 2 aromatic carbocycles. The number of benzene rings is 2. The second-order valence-corrected chi connectivity index (χ2v) is 7.69. The van der Waals surface area contributed by atoms with Gasteiger partial charge < -0.3 is 9.47 Å². The summed E-state index contributed by atoms with van der Waals surface area (Å²) < 4.78 is 38.5. The Hall–Kier alpha value is -3.13. The highest BCUT2D eigenvalue weighted by molar-refractivity contribution is 7.92. The number of aromatic nitrogens is 2. The van der Waals surface area contributed by atoms with Crippen molar-refractivity contribution in [3.8, 4) is 22.9 Å². The topological polar surface area (TPSA) is 90.4 Å². The number of sulfonamides is 1. The van der Waals surface area contributed by atoms with Gasteiger partial charge >= 0.3 is 0 Å². The molecule has 0 unspecified atom stereocenters.